The molecule has 2 rings (SSSR count). The molecule has 0 bridgehead atoms. The fourth-order valence-electron chi connectivity index (χ4n) is 2.44. The maximum atomic E-state index is 14.3. The van der Waals surface area contributed by atoms with Crippen molar-refractivity contribution >= 4 is 5.69 Å². The summed E-state index contributed by atoms with van der Waals surface area (Å²) < 4.78 is 25.0. The summed E-state index contributed by atoms with van der Waals surface area (Å²) in [5.41, 5.74) is 1.91. The first-order valence-corrected chi connectivity index (χ1v) is 8.48. The summed E-state index contributed by atoms with van der Waals surface area (Å²) in [5.74, 6) is 0.782. The Morgan fingerprint density at radius 1 is 1.08 bits per heavy atom. The quantitative estimate of drug-likeness (QED) is 0.689. The third-order valence-corrected chi connectivity index (χ3v) is 4.18. The summed E-state index contributed by atoms with van der Waals surface area (Å²) in [6, 6.07) is 12.9. The number of nitrogens with zero attached hydrogens (tertiary/aromatic N) is 2. The molecule has 2 aromatic rings. The van der Waals surface area contributed by atoms with E-state index >= 15 is 0 Å². The van der Waals surface area contributed by atoms with Gasteiger partial charge >= 0.3 is 0 Å². The Balaban J connectivity index is 1.97. The zero-order valence-corrected chi connectivity index (χ0v) is 15.5. The third kappa shape index (κ3) is 5.64. The fourth-order valence-corrected chi connectivity index (χ4v) is 2.44. The molecule has 0 saturated heterocycles. The Kier molecular flexibility index (Phi) is 7.07. The lowest BCUT2D eigenvalue weighted by atomic mass is 10.2. The highest BCUT2D eigenvalue weighted by Crippen LogP contribution is 2.23. The molecule has 0 spiro atoms. The molecule has 0 aliphatic rings. The van der Waals surface area contributed by atoms with E-state index in [0.29, 0.717) is 18.9 Å². The van der Waals surface area contributed by atoms with Gasteiger partial charge in [0.2, 0.25) is 0 Å². The van der Waals surface area contributed by atoms with Crippen molar-refractivity contribution in [1.29, 1.82) is 0 Å². The number of methoxy groups -OCH3 is 1. The van der Waals surface area contributed by atoms with Gasteiger partial charge in [-0.3, -0.25) is 0 Å². The number of hydrogen-bond donors (Lipinski definition) is 0. The van der Waals surface area contributed by atoms with Crippen molar-refractivity contribution < 1.29 is 13.9 Å². The van der Waals surface area contributed by atoms with Gasteiger partial charge < -0.3 is 19.3 Å². The monoisotopic (exact) mass is 346 g/mol. The van der Waals surface area contributed by atoms with E-state index in [4.69, 9.17) is 9.47 Å². The minimum atomic E-state index is -0.323. The highest BCUT2D eigenvalue weighted by Gasteiger charge is 2.08. The number of halogens is 1. The van der Waals surface area contributed by atoms with Crippen LogP contribution in [0.5, 0.6) is 11.5 Å². The molecule has 4 nitrogen and oxygen atoms in total. The Labute approximate surface area is 149 Å². The SMILES string of the molecule is CCN(C)CCOc1ccc(CN(C)c2cccc(OC)c2)cc1F. The van der Waals surface area contributed by atoms with Crippen LogP contribution in [0, 0.1) is 5.82 Å². The van der Waals surface area contributed by atoms with Crippen molar-refractivity contribution in [3.63, 3.8) is 0 Å². The Morgan fingerprint density at radius 3 is 2.56 bits per heavy atom. The zero-order chi connectivity index (χ0) is 18.2. The summed E-state index contributed by atoms with van der Waals surface area (Å²) in [4.78, 5) is 4.17. The van der Waals surface area contributed by atoms with Gasteiger partial charge in [0, 0.05) is 31.9 Å². The summed E-state index contributed by atoms with van der Waals surface area (Å²) in [6.07, 6.45) is 0. The molecule has 0 atom stereocenters. The topological polar surface area (TPSA) is 24.9 Å². The summed E-state index contributed by atoms with van der Waals surface area (Å²) in [7, 11) is 5.63. The van der Waals surface area contributed by atoms with Gasteiger partial charge in [0.25, 0.3) is 0 Å². The average Bonchev–Trinajstić information content (AvgIpc) is 2.63. The lowest BCUT2D eigenvalue weighted by molar-refractivity contribution is 0.236. The second-order valence-electron chi connectivity index (χ2n) is 6.07. The van der Waals surface area contributed by atoms with E-state index in [0.717, 1.165) is 30.1 Å². The first kappa shape index (κ1) is 19.1. The molecule has 0 radical (unpaired) electrons. The van der Waals surface area contributed by atoms with E-state index in [1.807, 2.05) is 49.3 Å². The van der Waals surface area contributed by atoms with E-state index < -0.39 is 0 Å². The molecule has 0 unspecified atom stereocenters. The van der Waals surface area contributed by atoms with Crippen molar-refractivity contribution in [2.75, 3.05) is 45.8 Å². The van der Waals surface area contributed by atoms with E-state index in [1.54, 1.807) is 13.2 Å². The van der Waals surface area contributed by atoms with Gasteiger partial charge in [-0.2, -0.15) is 0 Å². The van der Waals surface area contributed by atoms with Crippen molar-refractivity contribution in [2.45, 2.75) is 13.5 Å². The van der Waals surface area contributed by atoms with Gasteiger partial charge in [-0.1, -0.05) is 19.1 Å². The van der Waals surface area contributed by atoms with Crippen LogP contribution in [-0.2, 0) is 6.54 Å². The van der Waals surface area contributed by atoms with E-state index in [-0.39, 0.29) is 5.82 Å². The number of hydrogen-bond acceptors (Lipinski definition) is 4. The largest absolute Gasteiger partial charge is 0.497 e. The van der Waals surface area contributed by atoms with Crippen LogP contribution in [-0.4, -0.2) is 45.8 Å². The first-order valence-electron chi connectivity index (χ1n) is 8.48. The Hall–Kier alpha value is -2.27. The summed E-state index contributed by atoms with van der Waals surface area (Å²) >= 11 is 0. The van der Waals surface area contributed by atoms with Crippen molar-refractivity contribution in [3.05, 3.63) is 53.8 Å². The molecule has 0 heterocycles. The van der Waals surface area contributed by atoms with Crippen LogP contribution in [0.15, 0.2) is 42.5 Å². The minimum Gasteiger partial charge on any atom is -0.497 e. The molecular formula is C20H27FN2O2. The Morgan fingerprint density at radius 2 is 1.88 bits per heavy atom. The summed E-state index contributed by atoms with van der Waals surface area (Å²) in [5, 5.41) is 0. The number of likely N-dealkylation sites (N-methyl/N-ethyl adjacent to an activating group) is 1. The lowest BCUT2D eigenvalue weighted by Gasteiger charge is -2.20. The van der Waals surface area contributed by atoms with Gasteiger partial charge in [0.15, 0.2) is 11.6 Å². The Bertz CT molecular complexity index is 678. The smallest absolute Gasteiger partial charge is 0.165 e. The first-order chi connectivity index (χ1) is 12.0. The second kappa shape index (κ2) is 9.28. The van der Waals surface area contributed by atoms with Crippen molar-refractivity contribution in [2.24, 2.45) is 0 Å². The molecule has 0 fully saturated rings. The highest BCUT2D eigenvalue weighted by atomic mass is 19.1. The van der Waals surface area contributed by atoms with Crippen molar-refractivity contribution in [3.8, 4) is 11.5 Å². The van der Waals surface area contributed by atoms with E-state index in [1.165, 1.54) is 6.07 Å². The van der Waals surface area contributed by atoms with Crippen LogP contribution in [0.25, 0.3) is 0 Å². The third-order valence-electron chi connectivity index (χ3n) is 4.18. The van der Waals surface area contributed by atoms with Crippen LogP contribution >= 0.6 is 0 Å². The maximum absolute atomic E-state index is 14.3. The normalized spacial score (nSPS) is 10.8. The molecule has 136 valence electrons. The number of ether oxygens (including phenoxy) is 2. The van der Waals surface area contributed by atoms with Gasteiger partial charge in [-0.15, -0.1) is 0 Å². The summed E-state index contributed by atoms with van der Waals surface area (Å²) in [6.45, 7) is 4.87. The van der Waals surface area contributed by atoms with Crippen LogP contribution in [0.4, 0.5) is 10.1 Å². The molecule has 0 saturated carbocycles. The van der Waals surface area contributed by atoms with E-state index in [2.05, 4.69) is 11.8 Å². The number of benzene rings is 2. The second-order valence-corrected chi connectivity index (χ2v) is 6.07. The predicted molar refractivity (Wildman–Crippen MR) is 100 cm³/mol. The molecule has 0 amide bonds. The number of rotatable bonds is 9. The molecule has 0 aliphatic heterocycles. The molecule has 25 heavy (non-hydrogen) atoms. The van der Waals surface area contributed by atoms with Crippen LogP contribution in [0.1, 0.15) is 12.5 Å². The van der Waals surface area contributed by atoms with Gasteiger partial charge in [-0.25, -0.2) is 4.39 Å². The molecular weight excluding hydrogens is 319 g/mol. The highest BCUT2D eigenvalue weighted by molar-refractivity contribution is 5.50. The fraction of sp³-hybridized carbons (Fsp3) is 0.400. The van der Waals surface area contributed by atoms with Crippen LogP contribution < -0.4 is 14.4 Å². The predicted octanol–water partition coefficient (Wildman–Crippen LogP) is 3.80. The molecule has 0 aliphatic carbocycles. The molecule has 5 heteroatoms. The standard InChI is InChI=1S/C20H27FN2O2/c1-5-22(2)11-12-25-20-10-9-16(13-19(20)21)15-23(3)17-7-6-8-18(14-17)24-4/h6-10,13-14H,5,11-12,15H2,1-4H3. The lowest BCUT2D eigenvalue weighted by Crippen LogP contribution is -2.23. The average molecular weight is 346 g/mol. The minimum absolute atomic E-state index is 0.303. The van der Waals surface area contributed by atoms with Crippen LogP contribution in [0.2, 0.25) is 0 Å². The van der Waals surface area contributed by atoms with Gasteiger partial charge in [0.1, 0.15) is 12.4 Å². The van der Waals surface area contributed by atoms with Crippen LogP contribution in [0.3, 0.4) is 0 Å². The molecule has 0 aromatic heterocycles. The van der Waals surface area contributed by atoms with Crippen molar-refractivity contribution in [1.82, 2.24) is 4.90 Å². The van der Waals surface area contributed by atoms with Gasteiger partial charge in [0.05, 0.1) is 7.11 Å². The molecule has 0 N–H and O–H groups in total. The molecule has 2 aromatic carbocycles. The number of anilines is 1. The van der Waals surface area contributed by atoms with E-state index in [9.17, 15) is 4.39 Å². The zero-order valence-electron chi connectivity index (χ0n) is 15.5. The maximum Gasteiger partial charge on any atom is 0.165 e. The van der Waals surface area contributed by atoms with Gasteiger partial charge in [-0.05, 0) is 43.4 Å².